The standard InChI is InChI=1S/C8H14O5/c1-2-8(11)13-6-7(10)5-12-4-3-9/h2,7,9-10H,1,3-6H2. The van der Waals surface area contributed by atoms with E-state index in [0.717, 1.165) is 6.08 Å². The lowest BCUT2D eigenvalue weighted by molar-refractivity contribution is -0.141. The minimum Gasteiger partial charge on any atom is -0.460 e. The van der Waals surface area contributed by atoms with E-state index in [1.165, 1.54) is 0 Å². The third-order valence-corrected chi connectivity index (χ3v) is 1.13. The maximum atomic E-state index is 10.5. The van der Waals surface area contributed by atoms with Gasteiger partial charge in [-0.2, -0.15) is 0 Å². The predicted molar refractivity (Wildman–Crippen MR) is 45.1 cm³/mol. The summed E-state index contributed by atoms with van der Waals surface area (Å²) >= 11 is 0. The Morgan fingerprint density at radius 3 is 2.77 bits per heavy atom. The Bertz CT molecular complexity index is 157. The Kier molecular flexibility index (Phi) is 7.18. The lowest BCUT2D eigenvalue weighted by atomic mass is 10.4. The molecule has 1 atom stereocenters. The smallest absolute Gasteiger partial charge is 0.330 e. The summed E-state index contributed by atoms with van der Waals surface area (Å²) < 4.78 is 9.33. The van der Waals surface area contributed by atoms with Crippen LogP contribution >= 0.6 is 0 Å². The quantitative estimate of drug-likeness (QED) is 0.308. The van der Waals surface area contributed by atoms with Crippen LogP contribution < -0.4 is 0 Å². The number of rotatable bonds is 7. The summed E-state index contributed by atoms with van der Waals surface area (Å²) in [4.78, 5) is 10.5. The summed E-state index contributed by atoms with van der Waals surface area (Å²) in [5.41, 5.74) is 0. The molecule has 13 heavy (non-hydrogen) atoms. The van der Waals surface area contributed by atoms with Crippen molar-refractivity contribution in [2.45, 2.75) is 6.10 Å². The second kappa shape index (κ2) is 7.72. The first-order valence-corrected chi connectivity index (χ1v) is 3.86. The summed E-state index contributed by atoms with van der Waals surface area (Å²) in [5, 5.41) is 17.4. The number of carbonyl (C=O) groups is 1. The van der Waals surface area contributed by atoms with Gasteiger partial charge in [-0.1, -0.05) is 6.58 Å². The number of hydrogen-bond acceptors (Lipinski definition) is 5. The number of aliphatic hydroxyl groups excluding tert-OH is 2. The number of esters is 1. The maximum absolute atomic E-state index is 10.5. The molecule has 0 bridgehead atoms. The fourth-order valence-electron chi connectivity index (χ4n) is 0.569. The van der Waals surface area contributed by atoms with Gasteiger partial charge in [-0.05, 0) is 0 Å². The Labute approximate surface area is 76.6 Å². The monoisotopic (exact) mass is 190 g/mol. The van der Waals surface area contributed by atoms with E-state index in [1.54, 1.807) is 0 Å². The summed E-state index contributed by atoms with van der Waals surface area (Å²) in [5.74, 6) is -0.582. The van der Waals surface area contributed by atoms with Crippen molar-refractivity contribution in [3.05, 3.63) is 12.7 Å². The van der Waals surface area contributed by atoms with Crippen molar-refractivity contribution in [3.63, 3.8) is 0 Å². The molecular formula is C8H14O5. The maximum Gasteiger partial charge on any atom is 0.330 e. The van der Waals surface area contributed by atoms with E-state index in [0.29, 0.717) is 0 Å². The van der Waals surface area contributed by atoms with Crippen LogP contribution in [0.4, 0.5) is 0 Å². The highest BCUT2D eigenvalue weighted by Crippen LogP contribution is 1.88. The van der Waals surface area contributed by atoms with Crippen molar-refractivity contribution in [1.82, 2.24) is 0 Å². The van der Waals surface area contributed by atoms with Crippen molar-refractivity contribution in [2.24, 2.45) is 0 Å². The SMILES string of the molecule is C=CC(=O)OCC(O)COCCO. The van der Waals surface area contributed by atoms with Gasteiger partial charge in [0, 0.05) is 6.08 Å². The number of ether oxygens (including phenoxy) is 2. The van der Waals surface area contributed by atoms with E-state index in [9.17, 15) is 4.79 Å². The average molecular weight is 190 g/mol. The average Bonchev–Trinajstić information content (AvgIpc) is 2.14. The van der Waals surface area contributed by atoms with E-state index < -0.39 is 12.1 Å². The number of carbonyl (C=O) groups excluding carboxylic acids is 1. The van der Waals surface area contributed by atoms with Gasteiger partial charge in [-0.3, -0.25) is 0 Å². The molecule has 0 spiro atoms. The Hall–Kier alpha value is -0.910. The second-order valence-electron chi connectivity index (χ2n) is 2.29. The van der Waals surface area contributed by atoms with Crippen molar-refractivity contribution < 1.29 is 24.5 Å². The van der Waals surface area contributed by atoms with Crippen LogP contribution in [-0.4, -0.2) is 48.7 Å². The molecule has 0 aliphatic heterocycles. The fourth-order valence-corrected chi connectivity index (χ4v) is 0.569. The van der Waals surface area contributed by atoms with Crippen LogP contribution in [0.3, 0.4) is 0 Å². The molecule has 0 aromatic carbocycles. The second-order valence-corrected chi connectivity index (χ2v) is 2.29. The molecule has 0 aliphatic carbocycles. The predicted octanol–water partition coefficient (Wildman–Crippen LogP) is -0.915. The normalized spacial score (nSPS) is 12.2. The zero-order chi connectivity index (χ0) is 10.1. The first kappa shape index (κ1) is 12.1. The summed E-state index contributed by atoms with van der Waals surface area (Å²) in [6.45, 7) is 3.16. The van der Waals surface area contributed by atoms with Gasteiger partial charge in [0.1, 0.15) is 12.7 Å². The molecule has 76 valence electrons. The Morgan fingerprint density at radius 2 is 2.23 bits per heavy atom. The van der Waals surface area contributed by atoms with Gasteiger partial charge < -0.3 is 19.7 Å². The highest BCUT2D eigenvalue weighted by molar-refractivity contribution is 5.81. The largest absolute Gasteiger partial charge is 0.460 e. The Balaban J connectivity index is 3.34. The minimum absolute atomic E-state index is 0.0327. The zero-order valence-electron chi connectivity index (χ0n) is 7.31. The number of hydrogen-bond donors (Lipinski definition) is 2. The molecule has 0 radical (unpaired) electrons. The van der Waals surface area contributed by atoms with E-state index in [4.69, 9.17) is 14.9 Å². The Morgan fingerprint density at radius 1 is 1.54 bits per heavy atom. The molecule has 0 aromatic heterocycles. The molecular weight excluding hydrogens is 176 g/mol. The first-order chi connectivity index (χ1) is 6.20. The van der Waals surface area contributed by atoms with Crippen LogP contribution in [0.25, 0.3) is 0 Å². The van der Waals surface area contributed by atoms with Gasteiger partial charge in [-0.15, -0.1) is 0 Å². The van der Waals surface area contributed by atoms with Crippen molar-refractivity contribution >= 4 is 5.97 Å². The van der Waals surface area contributed by atoms with Crippen LogP contribution in [0.15, 0.2) is 12.7 Å². The molecule has 0 saturated carbocycles. The minimum atomic E-state index is -0.865. The topological polar surface area (TPSA) is 76.0 Å². The lowest BCUT2D eigenvalue weighted by Crippen LogP contribution is -2.23. The van der Waals surface area contributed by atoms with E-state index in [2.05, 4.69) is 11.3 Å². The fraction of sp³-hybridized carbons (Fsp3) is 0.625. The van der Waals surface area contributed by atoms with E-state index >= 15 is 0 Å². The van der Waals surface area contributed by atoms with Crippen molar-refractivity contribution in [1.29, 1.82) is 0 Å². The van der Waals surface area contributed by atoms with Gasteiger partial charge in [0.05, 0.1) is 19.8 Å². The van der Waals surface area contributed by atoms with Crippen molar-refractivity contribution in [3.8, 4) is 0 Å². The molecule has 5 heteroatoms. The summed E-state index contributed by atoms with van der Waals surface area (Å²) in [7, 11) is 0. The van der Waals surface area contributed by atoms with Gasteiger partial charge in [0.25, 0.3) is 0 Å². The molecule has 0 saturated heterocycles. The highest BCUT2D eigenvalue weighted by Gasteiger charge is 2.06. The highest BCUT2D eigenvalue weighted by atomic mass is 16.5. The van der Waals surface area contributed by atoms with Gasteiger partial charge in [0.15, 0.2) is 0 Å². The van der Waals surface area contributed by atoms with Crippen molar-refractivity contribution in [2.75, 3.05) is 26.4 Å². The molecule has 2 N–H and O–H groups in total. The molecule has 0 fully saturated rings. The molecule has 0 aromatic rings. The zero-order valence-corrected chi connectivity index (χ0v) is 7.31. The van der Waals surface area contributed by atoms with Crippen LogP contribution in [0.2, 0.25) is 0 Å². The van der Waals surface area contributed by atoms with Crippen LogP contribution in [0.1, 0.15) is 0 Å². The van der Waals surface area contributed by atoms with Gasteiger partial charge in [-0.25, -0.2) is 4.79 Å². The molecule has 0 heterocycles. The molecule has 0 rings (SSSR count). The van der Waals surface area contributed by atoms with E-state index in [1.807, 2.05) is 0 Å². The number of aliphatic hydroxyl groups is 2. The van der Waals surface area contributed by atoms with Gasteiger partial charge >= 0.3 is 5.97 Å². The van der Waals surface area contributed by atoms with E-state index in [-0.39, 0.29) is 26.4 Å². The molecule has 0 amide bonds. The lowest BCUT2D eigenvalue weighted by Gasteiger charge is -2.09. The third-order valence-electron chi connectivity index (χ3n) is 1.13. The van der Waals surface area contributed by atoms with Crippen LogP contribution in [0, 0.1) is 0 Å². The van der Waals surface area contributed by atoms with Crippen LogP contribution in [0.5, 0.6) is 0 Å². The summed E-state index contributed by atoms with van der Waals surface area (Å²) in [6, 6.07) is 0. The van der Waals surface area contributed by atoms with Gasteiger partial charge in [0.2, 0.25) is 0 Å². The van der Waals surface area contributed by atoms with Crippen LogP contribution in [-0.2, 0) is 14.3 Å². The molecule has 5 nitrogen and oxygen atoms in total. The third kappa shape index (κ3) is 7.45. The molecule has 0 aliphatic rings. The molecule has 1 unspecified atom stereocenters. The first-order valence-electron chi connectivity index (χ1n) is 3.86. The summed E-state index contributed by atoms with van der Waals surface area (Å²) in [6.07, 6.45) is 0.150.